The lowest BCUT2D eigenvalue weighted by atomic mass is 10.0. The van der Waals surface area contributed by atoms with Gasteiger partial charge in [-0.2, -0.15) is 0 Å². The van der Waals surface area contributed by atoms with Crippen LogP contribution in [0.15, 0.2) is 0 Å². The van der Waals surface area contributed by atoms with Crippen molar-refractivity contribution in [1.29, 1.82) is 0 Å². The van der Waals surface area contributed by atoms with Crippen LogP contribution in [0.4, 0.5) is 0 Å². The van der Waals surface area contributed by atoms with Crippen molar-refractivity contribution in [2.45, 2.75) is 116 Å². The van der Waals surface area contributed by atoms with Crippen LogP contribution in [0.5, 0.6) is 0 Å². The van der Waals surface area contributed by atoms with E-state index < -0.39 is 26.4 Å². The summed E-state index contributed by atoms with van der Waals surface area (Å²) in [5.41, 5.74) is 0. The van der Waals surface area contributed by atoms with E-state index in [0.29, 0.717) is 6.54 Å². The molecule has 0 unspecified atom stereocenters. The van der Waals surface area contributed by atoms with Gasteiger partial charge in [0.1, 0.15) is 6.04 Å². The fraction of sp³-hybridized carbons (Fsp3) is 0.955. The molecular weight excluding hydrogens is 405 g/mol. The van der Waals surface area contributed by atoms with Crippen molar-refractivity contribution in [3.8, 4) is 0 Å². The second kappa shape index (κ2) is 19.2. The molecule has 0 saturated heterocycles. The molecule has 0 bridgehead atoms. The van der Waals surface area contributed by atoms with Gasteiger partial charge in [-0.05, 0) is 18.9 Å². The monoisotopic (exact) mass is 451 g/mol. The first kappa shape index (κ1) is 29.5. The van der Waals surface area contributed by atoms with Crippen LogP contribution in [0.1, 0.15) is 110 Å². The Kier molecular flexibility index (Phi) is 18.9. The maximum atomic E-state index is 11.0. The van der Waals surface area contributed by atoms with Crippen molar-refractivity contribution in [3.63, 3.8) is 0 Å². The van der Waals surface area contributed by atoms with Gasteiger partial charge in [-0.3, -0.25) is 9.32 Å². The highest BCUT2D eigenvalue weighted by Gasteiger charge is 2.22. The van der Waals surface area contributed by atoms with Crippen LogP contribution in [0.3, 0.4) is 0 Å². The lowest BCUT2D eigenvalue weighted by Crippen LogP contribution is -2.40. The topological polar surface area (TPSA) is 116 Å². The van der Waals surface area contributed by atoms with E-state index in [1.54, 1.807) is 0 Å². The highest BCUT2D eigenvalue weighted by atomic mass is 31.2. The molecule has 7 nitrogen and oxygen atoms in total. The first-order chi connectivity index (χ1) is 14.2. The van der Waals surface area contributed by atoms with E-state index in [0.717, 1.165) is 25.2 Å². The van der Waals surface area contributed by atoms with E-state index in [4.69, 9.17) is 14.9 Å². The Labute approximate surface area is 183 Å². The fourth-order valence-electron chi connectivity index (χ4n) is 3.46. The maximum Gasteiger partial charge on any atom is 0.469 e. The summed E-state index contributed by atoms with van der Waals surface area (Å²) in [7, 11) is -4.64. The van der Waals surface area contributed by atoms with Gasteiger partial charge in [0.2, 0.25) is 0 Å². The molecule has 1 atom stereocenters. The summed E-state index contributed by atoms with van der Waals surface area (Å²) in [6.45, 7) is 4.55. The standard InChI is InChI=1S/C22H46NO6P/c1-20(2)17-15-13-11-9-7-5-3-4-6-8-10-12-14-16-18-23-21(22(24)25)19-29-30(26,27)28/h20-21,23H,3-19H2,1-2H3,(H,24,25)(H2,26,27,28)/t21-/m0/s1. The first-order valence-electron chi connectivity index (χ1n) is 11.9. The van der Waals surface area contributed by atoms with Gasteiger partial charge >= 0.3 is 13.8 Å². The minimum Gasteiger partial charge on any atom is -0.480 e. The van der Waals surface area contributed by atoms with E-state index >= 15 is 0 Å². The molecule has 180 valence electrons. The lowest BCUT2D eigenvalue weighted by Gasteiger charge is -2.14. The van der Waals surface area contributed by atoms with E-state index in [1.807, 2.05) is 0 Å². The second-order valence-electron chi connectivity index (χ2n) is 8.76. The third kappa shape index (κ3) is 22.2. The number of carboxylic acids is 1. The van der Waals surface area contributed by atoms with E-state index in [1.165, 1.54) is 77.0 Å². The zero-order valence-corrected chi connectivity index (χ0v) is 20.1. The molecule has 0 heterocycles. The average Bonchev–Trinajstić information content (AvgIpc) is 2.65. The Morgan fingerprint density at radius 3 is 1.57 bits per heavy atom. The molecule has 0 fully saturated rings. The van der Waals surface area contributed by atoms with Gasteiger partial charge in [-0.25, -0.2) is 4.57 Å². The van der Waals surface area contributed by atoms with E-state index in [-0.39, 0.29) is 0 Å². The van der Waals surface area contributed by atoms with Crippen molar-refractivity contribution in [3.05, 3.63) is 0 Å². The Balaban J connectivity index is 3.35. The number of aliphatic carboxylic acids is 1. The third-order valence-electron chi connectivity index (χ3n) is 5.31. The molecular formula is C22H46NO6P. The number of rotatable bonds is 22. The summed E-state index contributed by atoms with van der Waals surface area (Å²) in [5, 5.41) is 11.8. The van der Waals surface area contributed by atoms with Gasteiger partial charge in [0.25, 0.3) is 0 Å². The number of phosphoric acid groups is 1. The molecule has 0 radical (unpaired) electrons. The SMILES string of the molecule is CC(C)CCCCCCCCCCCCCCCCN[C@@H](COP(=O)(O)O)C(=O)O. The fourth-order valence-corrected chi connectivity index (χ4v) is 3.81. The van der Waals surface area contributed by atoms with Gasteiger partial charge in [0.15, 0.2) is 0 Å². The molecule has 0 aromatic rings. The maximum absolute atomic E-state index is 11.0. The molecule has 0 aliphatic rings. The molecule has 30 heavy (non-hydrogen) atoms. The molecule has 0 aliphatic heterocycles. The Bertz CT molecular complexity index is 455. The summed E-state index contributed by atoms with van der Waals surface area (Å²) in [4.78, 5) is 28.3. The molecule has 8 heteroatoms. The minimum absolute atomic E-state index is 0.499. The number of nitrogens with one attached hydrogen (secondary N) is 1. The van der Waals surface area contributed by atoms with Crippen LogP contribution in [0, 0.1) is 5.92 Å². The summed E-state index contributed by atoms with van der Waals surface area (Å²) < 4.78 is 14.9. The smallest absolute Gasteiger partial charge is 0.469 e. The zero-order chi connectivity index (χ0) is 22.7. The second-order valence-corrected chi connectivity index (χ2v) is 10.0. The molecule has 0 aromatic carbocycles. The van der Waals surface area contributed by atoms with Crippen molar-refractivity contribution < 1.29 is 28.8 Å². The summed E-state index contributed by atoms with van der Waals surface area (Å²) in [6.07, 6.45) is 19.1. The Hall–Kier alpha value is -0.460. The number of carbonyl (C=O) groups is 1. The third-order valence-corrected chi connectivity index (χ3v) is 5.79. The van der Waals surface area contributed by atoms with E-state index in [2.05, 4.69) is 23.7 Å². The van der Waals surface area contributed by atoms with Gasteiger partial charge in [0.05, 0.1) is 6.61 Å². The summed E-state index contributed by atoms with van der Waals surface area (Å²) in [6, 6.07) is -1.10. The number of unbranched alkanes of at least 4 members (excludes halogenated alkanes) is 13. The Morgan fingerprint density at radius 2 is 1.20 bits per heavy atom. The van der Waals surface area contributed by atoms with Crippen molar-refractivity contribution in [2.24, 2.45) is 5.92 Å². The van der Waals surface area contributed by atoms with Gasteiger partial charge in [0, 0.05) is 0 Å². The Morgan fingerprint density at radius 1 is 0.800 bits per heavy atom. The van der Waals surface area contributed by atoms with Crippen molar-refractivity contribution in [1.82, 2.24) is 5.32 Å². The molecule has 0 aliphatic carbocycles. The van der Waals surface area contributed by atoms with Gasteiger partial charge in [-0.15, -0.1) is 0 Å². The van der Waals surface area contributed by atoms with Crippen LogP contribution >= 0.6 is 7.82 Å². The molecule has 0 saturated carbocycles. The number of hydrogen-bond acceptors (Lipinski definition) is 4. The zero-order valence-electron chi connectivity index (χ0n) is 19.2. The predicted molar refractivity (Wildman–Crippen MR) is 122 cm³/mol. The molecule has 0 amide bonds. The summed E-state index contributed by atoms with van der Waals surface area (Å²) in [5.74, 6) is -0.330. The highest BCUT2D eigenvalue weighted by Crippen LogP contribution is 2.35. The van der Waals surface area contributed by atoms with Crippen LogP contribution in [-0.2, 0) is 13.9 Å². The normalized spacial score (nSPS) is 13.1. The lowest BCUT2D eigenvalue weighted by molar-refractivity contribution is -0.140. The first-order valence-corrected chi connectivity index (χ1v) is 13.4. The molecule has 0 rings (SSSR count). The van der Waals surface area contributed by atoms with Gasteiger partial charge < -0.3 is 20.2 Å². The molecule has 0 spiro atoms. The minimum atomic E-state index is -4.64. The van der Waals surface area contributed by atoms with Crippen LogP contribution < -0.4 is 5.32 Å². The van der Waals surface area contributed by atoms with E-state index in [9.17, 15) is 9.36 Å². The van der Waals surface area contributed by atoms with Crippen molar-refractivity contribution in [2.75, 3.05) is 13.2 Å². The number of hydrogen-bond donors (Lipinski definition) is 4. The van der Waals surface area contributed by atoms with Crippen LogP contribution in [-0.4, -0.2) is 40.1 Å². The van der Waals surface area contributed by atoms with Gasteiger partial charge in [-0.1, -0.05) is 104 Å². The molecule has 4 N–H and O–H groups in total. The predicted octanol–water partition coefficient (Wildman–Crippen LogP) is 5.65. The largest absolute Gasteiger partial charge is 0.480 e. The average molecular weight is 452 g/mol. The molecule has 0 aromatic heterocycles. The highest BCUT2D eigenvalue weighted by molar-refractivity contribution is 7.46. The number of phosphoric ester groups is 1. The quantitative estimate of drug-likeness (QED) is 0.124. The summed E-state index contributed by atoms with van der Waals surface area (Å²) >= 11 is 0. The van der Waals surface area contributed by atoms with Crippen molar-refractivity contribution >= 4 is 13.8 Å². The van der Waals surface area contributed by atoms with Crippen LogP contribution in [0.2, 0.25) is 0 Å². The van der Waals surface area contributed by atoms with Crippen LogP contribution in [0.25, 0.3) is 0 Å². The number of carboxylic acid groups (broad SMARTS) is 1.